The Kier molecular flexibility index (Phi) is 6.20. The summed E-state index contributed by atoms with van der Waals surface area (Å²) in [5, 5.41) is 16.0. The summed E-state index contributed by atoms with van der Waals surface area (Å²) in [6.07, 6.45) is 3.45. The van der Waals surface area contributed by atoms with Gasteiger partial charge in [0.1, 0.15) is 5.82 Å². The summed E-state index contributed by atoms with van der Waals surface area (Å²) in [5.41, 5.74) is 15.2. The molecule has 6 N–H and O–H groups in total. The largest absolute Gasteiger partial charge is 0.398 e. The number of pyridine rings is 1. The molecule has 1 aromatic carbocycles. The predicted octanol–water partition coefficient (Wildman–Crippen LogP) is 3.57. The van der Waals surface area contributed by atoms with Gasteiger partial charge < -0.3 is 16.8 Å². The number of anilines is 2. The molecule has 1 unspecified atom stereocenters. The summed E-state index contributed by atoms with van der Waals surface area (Å²) in [5.74, 6) is 0.0128. The third-order valence-electron chi connectivity index (χ3n) is 5.50. The Balaban J connectivity index is 1.80. The van der Waals surface area contributed by atoms with E-state index in [4.69, 9.17) is 16.9 Å². The fourth-order valence-corrected chi connectivity index (χ4v) is 4.19. The molecule has 2 aromatic heterocycles. The van der Waals surface area contributed by atoms with Crippen molar-refractivity contribution in [1.82, 2.24) is 20.1 Å². The molecule has 1 atom stereocenters. The molecule has 1 aliphatic rings. The highest BCUT2D eigenvalue weighted by atomic mass is 127. The maximum Gasteiger partial charge on any atom is 0.333 e. The van der Waals surface area contributed by atoms with E-state index in [2.05, 4.69) is 15.4 Å². The monoisotopic (exact) mass is 551 g/mol. The minimum absolute atomic E-state index is 0.0205. The van der Waals surface area contributed by atoms with Crippen LogP contribution in [0, 0.1) is 5.41 Å². The highest BCUT2D eigenvalue weighted by Gasteiger charge is 2.28. The molecule has 11 heteroatoms. The molecule has 1 aliphatic heterocycles. The fraction of sp³-hybridized carbons (Fsp3) is 0.238. The number of benzene rings is 1. The van der Waals surface area contributed by atoms with Crippen LogP contribution in [0.1, 0.15) is 46.1 Å². The smallest absolute Gasteiger partial charge is 0.333 e. The van der Waals surface area contributed by atoms with Crippen molar-refractivity contribution in [3.63, 3.8) is 0 Å². The zero-order valence-electron chi connectivity index (χ0n) is 16.8. The number of alkyl halides is 2. The molecule has 1 fully saturated rings. The molecule has 1 saturated heterocycles. The van der Waals surface area contributed by atoms with E-state index in [-0.39, 0.29) is 32.5 Å². The number of rotatable bonds is 6. The van der Waals surface area contributed by atoms with Crippen LogP contribution in [0.25, 0.3) is 11.1 Å². The first-order valence-corrected chi connectivity index (χ1v) is 10.9. The Hall–Kier alpha value is -2.93. The van der Waals surface area contributed by atoms with Gasteiger partial charge >= 0.3 is 6.55 Å². The van der Waals surface area contributed by atoms with E-state index in [1.807, 2.05) is 0 Å². The van der Waals surface area contributed by atoms with Gasteiger partial charge in [0, 0.05) is 69.7 Å². The molecular formula is C21H20F2IN7O. The summed E-state index contributed by atoms with van der Waals surface area (Å²) < 4.78 is 27.3. The average Bonchev–Trinajstić information content (AvgIpc) is 3.44. The van der Waals surface area contributed by atoms with E-state index in [9.17, 15) is 13.6 Å². The summed E-state index contributed by atoms with van der Waals surface area (Å²) in [6.45, 7) is -1.40. The van der Waals surface area contributed by atoms with Gasteiger partial charge in [0.2, 0.25) is 3.79 Å². The van der Waals surface area contributed by atoms with Gasteiger partial charge in [0.25, 0.3) is 0 Å². The molecule has 0 spiro atoms. The van der Waals surface area contributed by atoms with Crippen molar-refractivity contribution in [2.24, 2.45) is 0 Å². The van der Waals surface area contributed by atoms with E-state index in [0.29, 0.717) is 39.2 Å². The Bertz CT molecular complexity index is 1190. The molecule has 0 amide bonds. The lowest BCUT2D eigenvalue weighted by Crippen LogP contribution is -2.13. The summed E-state index contributed by atoms with van der Waals surface area (Å²) >= 11 is 1.69. The maximum absolute atomic E-state index is 13.4. The first-order valence-electron chi connectivity index (χ1n) is 9.79. The van der Waals surface area contributed by atoms with Gasteiger partial charge in [-0.3, -0.25) is 10.2 Å². The zero-order chi connectivity index (χ0) is 23.0. The number of nitrogens with two attached hydrogens (primary N) is 2. The highest BCUT2D eigenvalue weighted by Crippen LogP contribution is 2.38. The quantitative estimate of drug-likeness (QED) is 0.210. The lowest BCUT2D eigenvalue weighted by atomic mass is 9.93. The number of nitrogens with one attached hydrogen (secondary N) is 2. The summed E-state index contributed by atoms with van der Waals surface area (Å²) in [4.78, 5) is 15.7. The minimum Gasteiger partial charge on any atom is -0.398 e. The second kappa shape index (κ2) is 8.90. The number of aromatic nitrogens is 3. The topological polar surface area (TPSA) is 136 Å². The van der Waals surface area contributed by atoms with Gasteiger partial charge in [-0.25, -0.2) is 9.67 Å². The summed E-state index contributed by atoms with van der Waals surface area (Å²) in [6, 6.07) is 6.48. The van der Waals surface area contributed by atoms with Crippen LogP contribution < -0.4 is 16.8 Å². The Labute approximate surface area is 196 Å². The first kappa shape index (κ1) is 22.3. The molecule has 0 bridgehead atoms. The number of hydrogen-bond donors (Lipinski definition) is 4. The maximum atomic E-state index is 13.4. The normalized spacial score (nSPS) is 15.9. The van der Waals surface area contributed by atoms with Crippen LogP contribution in [0.2, 0.25) is 0 Å². The van der Waals surface area contributed by atoms with Gasteiger partial charge in [-0.15, -0.1) is 0 Å². The van der Waals surface area contributed by atoms with Gasteiger partial charge in [-0.05, 0) is 25.1 Å². The van der Waals surface area contributed by atoms with E-state index in [1.54, 1.807) is 46.9 Å². The number of hydrogen-bond acceptors (Lipinski definition) is 7. The third kappa shape index (κ3) is 4.09. The van der Waals surface area contributed by atoms with Crippen molar-refractivity contribution in [2.45, 2.75) is 18.9 Å². The van der Waals surface area contributed by atoms with Gasteiger partial charge in [-0.1, -0.05) is 12.1 Å². The molecule has 0 aliphatic carbocycles. The fourth-order valence-electron chi connectivity index (χ4n) is 3.83. The van der Waals surface area contributed by atoms with E-state index < -0.39 is 6.55 Å². The van der Waals surface area contributed by atoms with Crippen LogP contribution in [0.5, 0.6) is 0 Å². The second-order valence-electron chi connectivity index (χ2n) is 7.45. The molecule has 32 heavy (non-hydrogen) atoms. The van der Waals surface area contributed by atoms with Crippen LogP contribution in [0.4, 0.5) is 20.3 Å². The molecule has 0 radical (unpaired) electrons. The van der Waals surface area contributed by atoms with Crippen molar-refractivity contribution in [2.75, 3.05) is 24.6 Å². The standard InChI is InChI=1S/C21H20F2IN7O/c22-21(23)31-9-14(18(30-31)12-5-6-28-7-12)13-8-29-20(27)15(17(13)26)16(25)10-1-3-11(4-2-10)19(24)32/h1-4,8-9,12,21,25,28H,5-7H2,(H4,26,27,29). The van der Waals surface area contributed by atoms with Gasteiger partial charge in [0.05, 0.1) is 22.7 Å². The van der Waals surface area contributed by atoms with Gasteiger partial charge in [0.15, 0.2) is 0 Å². The first-order chi connectivity index (χ1) is 15.3. The molecule has 0 saturated carbocycles. The lowest BCUT2D eigenvalue weighted by molar-refractivity contribution is 0.0561. The van der Waals surface area contributed by atoms with E-state index >= 15 is 0 Å². The average molecular weight is 551 g/mol. The molecule has 8 nitrogen and oxygen atoms in total. The lowest BCUT2D eigenvalue weighted by Gasteiger charge is -2.15. The van der Waals surface area contributed by atoms with Crippen LogP contribution >= 0.6 is 22.6 Å². The SMILES string of the molecule is N=C(c1ccc(C(=O)I)cc1)c1c(N)ncc(-c2cn(C(F)F)nc2C2CCNC2)c1N. The highest BCUT2D eigenvalue weighted by molar-refractivity contribution is 14.1. The van der Waals surface area contributed by atoms with Crippen LogP contribution in [-0.4, -0.2) is 37.4 Å². The van der Waals surface area contributed by atoms with Crippen molar-refractivity contribution in [3.05, 3.63) is 59.0 Å². The third-order valence-corrected chi connectivity index (χ3v) is 6.12. The zero-order valence-corrected chi connectivity index (χ0v) is 18.9. The van der Waals surface area contributed by atoms with Crippen molar-refractivity contribution >= 4 is 43.6 Å². The Morgan fingerprint density at radius 1 is 1.22 bits per heavy atom. The Morgan fingerprint density at radius 2 is 1.91 bits per heavy atom. The Morgan fingerprint density at radius 3 is 2.50 bits per heavy atom. The number of carbonyl (C=O) groups excluding carboxylic acids is 1. The van der Waals surface area contributed by atoms with Crippen LogP contribution in [0.3, 0.4) is 0 Å². The van der Waals surface area contributed by atoms with Crippen molar-refractivity contribution < 1.29 is 13.6 Å². The van der Waals surface area contributed by atoms with Crippen LogP contribution in [-0.2, 0) is 0 Å². The molecular weight excluding hydrogens is 531 g/mol. The molecule has 3 heterocycles. The summed E-state index contributed by atoms with van der Waals surface area (Å²) in [7, 11) is 0. The molecule has 4 rings (SSSR count). The number of nitrogens with zero attached hydrogens (tertiary/aromatic N) is 3. The van der Waals surface area contributed by atoms with Crippen molar-refractivity contribution in [3.8, 4) is 11.1 Å². The predicted molar refractivity (Wildman–Crippen MR) is 126 cm³/mol. The number of nitrogen functional groups attached to an aromatic ring is 2. The molecule has 3 aromatic rings. The number of carbonyl (C=O) groups is 1. The number of halogens is 3. The second-order valence-corrected chi connectivity index (χ2v) is 8.43. The minimum atomic E-state index is -2.79. The molecule has 166 valence electrons. The van der Waals surface area contributed by atoms with E-state index in [1.165, 1.54) is 12.4 Å². The van der Waals surface area contributed by atoms with Crippen LogP contribution in [0.15, 0.2) is 36.7 Å². The van der Waals surface area contributed by atoms with Gasteiger partial charge in [-0.2, -0.15) is 13.9 Å². The van der Waals surface area contributed by atoms with E-state index in [0.717, 1.165) is 13.0 Å². The van der Waals surface area contributed by atoms with Crippen molar-refractivity contribution in [1.29, 1.82) is 5.41 Å².